The summed E-state index contributed by atoms with van der Waals surface area (Å²) in [6, 6.07) is 3.57. The fourth-order valence-corrected chi connectivity index (χ4v) is 2.85. The Morgan fingerprint density at radius 2 is 1.96 bits per heavy atom. The Bertz CT molecular complexity index is 737. The molecule has 2 N–H and O–H groups in total. The molecule has 0 aliphatic heterocycles. The maximum atomic E-state index is 13.0. The molecule has 0 fully saturated rings. The lowest BCUT2D eigenvalue weighted by molar-refractivity contribution is -0.894. The summed E-state index contributed by atoms with van der Waals surface area (Å²) in [6.45, 7) is 5.92. The van der Waals surface area contributed by atoms with E-state index in [0.717, 1.165) is 36.3 Å². The van der Waals surface area contributed by atoms with Crippen molar-refractivity contribution in [2.24, 2.45) is 0 Å². The van der Waals surface area contributed by atoms with Gasteiger partial charge < -0.3 is 19.4 Å². The van der Waals surface area contributed by atoms with Crippen molar-refractivity contribution in [1.29, 1.82) is 0 Å². The molecule has 0 saturated heterocycles. The van der Waals surface area contributed by atoms with Gasteiger partial charge in [-0.3, -0.25) is 4.79 Å². The van der Waals surface area contributed by atoms with Crippen LogP contribution in [0.4, 0.5) is 0 Å². The van der Waals surface area contributed by atoms with Gasteiger partial charge in [0.25, 0.3) is 0 Å². The van der Waals surface area contributed by atoms with Gasteiger partial charge in [0.05, 0.1) is 44.3 Å². The molecule has 2 aromatic rings. The standard InChI is InChI=1S/C18H26N2O3/c1-6-7-8-20(3)11-15-12(2)19-17-14(18(15)21)9-13(22-4)10-16(17)23-5/h9-10H,6-8,11H2,1-5H3,(H,19,21)/p+1. The van der Waals surface area contributed by atoms with Gasteiger partial charge in [0, 0.05) is 11.8 Å². The van der Waals surface area contributed by atoms with Crippen LogP contribution < -0.4 is 19.8 Å². The molecule has 0 spiro atoms. The van der Waals surface area contributed by atoms with Crippen molar-refractivity contribution in [2.45, 2.75) is 33.2 Å². The van der Waals surface area contributed by atoms with Gasteiger partial charge >= 0.3 is 0 Å². The quantitative estimate of drug-likeness (QED) is 0.816. The normalized spacial score (nSPS) is 12.4. The van der Waals surface area contributed by atoms with Gasteiger partial charge in [-0.2, -0.15) is 0 Å². The van der Waals surface area contributed by atoms with Crippen LogP contribution in [0.5, 0.6) is 11.5 Å². The zero-order valence-electron chi connectivity index (χ0n) is 14.7. The first-order valence-electron chi connectivity index (χ1n) is 8.10. The maximum Gasteiger partial charge on any atom is 0.198 e. The van der Waals surface area contributed by atoms with E-state index in [1.807, 2.05) is 6.92 Å². The zero-order valence-corrected chi connectivity index (χ0v) is 14.7. The smallest absolute Gasteiger partial charge is 0.198 e. The van der Waals surface area contributed by atoms with Crippen molar-refractivity contribution >= 4 is 10.9 Å². The highest BCUT2D eigenvalue weighted by atomic mass is 16.5. The Hall–Kier alpha value is -2.01. The van der Waals surface area contributed by atoms with Crippen LogP contribution in [-0.4, -0.2) is 32.8 Å². The van der Waals surface area contributed by atoms with E-state index in [-0.39, 0.29) is 5.43 Å². The Balaban J connectivity index is 2.53. The Morgan fingerprint density at radius 3 is 2.57 bits per heavy atom. The lowest BCUT2D eigenvalue weighted by Gasteiger charge is -2.16. The maximum absolute atomic E-state index is 13.0. The van der Waals surface area contributed by atoms with Crippen LogP contribution in [-0.2, 0) is 6.54 Å². The van der Waals surface area contributed by atoms with Crippen molar-refractivity contribution in [3.8, 4) is 11.5 Å². The number of nitrogens with one attached hydrogen (secondary N) is 2. The number of rotatable bonds is 7. The molecule has 0 aliphatic rings. The SMILES string of the molecule is CCCC[NH+](C)Cc1c(C)[nH]c2c(OC)cc(OC)cc2c1=O. The molecule has 23 heavy (non-hydrogen) atoms. The summed E-state index contributed by atoms with van der Waals surface area (Å²) < 4.78 is 10.7. The number of methoxy groups -OCH3 is 2. The molecule has 1 aromatic heterocycles. The van der Waals surface area contributed by atoms with E-state index >= 15 is 0 Å². The number of fused-ring (bicyclic) bond motifs is 1. The fourth-order valence-electron chi connectivity index (χ4n) is 2.85. The molecule has 1 atom stereocenters. The van der Waals surface area contributed by atoms with Gasteiger partial charge in [0.2, 0.25) is 0 Å². The molecule has 1 unspecified atom stereocenters. The van der Waals surface area contributed by atoms with E-state index in [1.165, 1.54) is 11.3 Å². The minimum Gasteiger partial charge on any atom is -0.497 e. The molecule has 0 bridgehead atoms. The van der Waals surface area contributed by atoms with Crippen LogP contribution >= 0.6 is 0 Å². The molecule has 1 heterocycles. The van der Waals surface area contributed by atoms with Gasteiger partial charge in [-0.25, -0.2) is 0 Å². The first-order valence-corrected chi connectivity index (χ1v) is 8.10. The van der Waals surface area contributed by atoms with E-state index in [2.05, 4.69) is 19.0 Å². The van der Waals surface area contributed by atoms with Crippen molar-refractivity contribution in [1.82, 2.24) is 4.98 Å². The third-order valence-electron chi connectivity index (χ3n) is 4.25. The summed E-state index contributed by atoms with van der Waals surface area (Å²) in [6.07, 6.45) is 2.33. The highest BCUT2D eigenvalue weighted by Gasteiger charge is 2.16. The second kappa shape index (κ2) is 7.51. The summed E-state index contributed by atoms with van der Waals surface area (Å²) in [7, 11) is 5.32. The van der Waals surface area contributed by atoms with Gasteiger partial charge in [-0.1, -0.05) is 13.3 Å². The van der Waals surface area contributed by atoms with Crippen LogP contribution in [0.25, 0.3) is 10.9 Å². The van der Waals surface area contributed by atoms with E-state index in [1.54, 1.807) is 26.4 Å². The second-order valence-electron chi connectivity index (χ2n) is 6.05. The monoisotopic (exact) mass is 319 g/mol. The molecule has 0 aliphatic carbocycles. The zero-order chi connectivity index (χ0) is 17.0. The molecule has 0 saturated carbocycles. The molecule has 0 radical (unpaired) electrons. The number of H-pyrrole nitrogens is 1. The predicted molar refractivity (Wildman–Crippen MR) is 92.8 cm³/mol. The van der Waals surface area contributed by atoms with E-state index in [4.69, 9.17) is 9.47 Å². The molecular formula is C18H27N2O3+. The summed E-state index contributed by atoms with van der Waals surface area (Å²) in [5.74, 6) is 1.25. The third-order valence-corrected chi connectivity index (χ3v) is 4.25. The van der Waals surface area contributed by atoms with Crippen LogP contribution in [0.15, 0.2) is 16.9 Å². The lowest BCUT2D eigenvalue weighted by Crippen LogP contribution is -3.07. The fraction of sp³-hybridized carbons (Fsp3) is 0.500. The number of benzene rings is 1. The van der Waals surface area contributed by atoms with E-state index in [9.17, 15) is 4.79 Å². The molecule has 1 aromatic carbocycles. The topological polar surface area (TPSA) is 55.8 Å². The molecule has 126 valence electrons. The van der Waals surface area contributed by atoms with Crippen LogP contribution in [0.3, 0.4) is 0 Å². The Kier molecular flexibility index (Phi) is 5.66. The number of aromatic amines is 1. The lowest BCUT2D eigenvalue weighted by atomic mass is 10.1. The number of aryl methyl sites for hydroxylation is 1. The second-order valence-corrected chi connectivity index (χ2v) is 6.05. The number of ether oxygens (including phenoxy) is 2. The first kappa shape index (κ1) is 17.3. The highest BCUT2D eigenvalue weighted by molar-refractivity contribution is 5.86. The molecule has 5 nitrogen and oxygen atoms in total. The summed E-state index contributed by atoms with van der Waals surface area (Å²) >= 11 is 0. The van der Waals surface area contributed by atoms with Crippen molar-refractivity contribution < 1.29 is 14.4 Å². The van der Waals surface area contributed by atoms with E-state index in [0.29, 0.717) is 16.9 Å². The molecule has 2 rings (SSSR count). The largest absolute Gasteiger partial charge is 0.497 e. The number of hydrogen-bond donors (Lipinski definition) is 2. The summed E-state index contributed by atoms with van der Waals surface area (Å²) in [4.78, 5) is 17.6. The summed E-state index contributed by atoms with van der Waals surface area (Å²) in [5.41, 5.74) is 2.53. The number of hydrogen-bond acceptors (Lipinski definition) is 3. The van der Waals surface area contributed by atoms with Crippen molar-refractivity contribution in [3.63, 3.8) is 0 Å². The van der Waals surface area contributed by atoms with Gasteiger partial charge in [0.1, 0.15) is 18.0 Å². The van der Waals surface area contributed by atoms with Crippen molar-refractivity contribution in [2.75, 3.05) is 27.8 Å². The van der Waals surface area contributed by atoms with Gasteiger partial charge in [-0.15, -0.1) is 0 Å². The third kappa shape index (κ3) is 3.67. The average molecular weight is 319 g/mol. The van der Waals surface area contributed by atoms with Crippen molar-refractivity contribution in [3.05, 3.63) is 33.6 Å². The number of unbranched alkanes of at least 4 members (excludes halogenated alkanes) is 1. The number of quaternary nitrogens is 1. The summed E-state index contributed by atoms with van der Waals surface area (Å²) in [5, 5.41) is 0.616. The molecule has 0 amide bonds. The average Bonchev–Trinajstić information content (AvgIpc) is 2.56. The Morgan fingerprint density at radius 1 is 1.22 bits per heavy atom. The van der Waals surface area contributed by atoms with Gasteiger partial charge in [-0.05, 0) is 19.4 Å². The molecule has 5 heteroatoms. The predicted octanol–water partition coefficient (Wildman–Crippen LogP) is 1.67. The highest BCUT2D eigenvalue weighted by Crippen LogP contribution is 2.28. The number of pyridine rings is 1. The van der Waals surface area contributed by atoms with Gasteiger partial charge in [0.15, 0.2) is 5.43 Å². The first-order chi connectivity index (χ1) is 11.0. The van der Waals surface area contributed by atoms with Crippen LogP contribution in [0.2, 0.25) is 0 Å². The Labute approximate surface area is 137 Å². The minimum atomic E-state index is 0.0595. The van der Waals surface area contributed by atoms with Crippen LogP contribution in [0, 0.1) is 6.92 Å². The van der Waals surface area contributed by atoms with Crippen LogP contribution in [0.1, 0.15) is 31.0 Å². The molecular weight excluding hydrogens is 292 g/mol. The number of aromatic nitrogens is 1. The van der Waals surface area contributed by atoms with E-state index < -0.39 is 0 Å². The minimum absolute atomic E-state index is 0.0595.